The lowest BCUT2D eigenvalue weighted by Crippen LogP contribution is -2.30. The van der Waals surface area contributed by atoms with Crippen molar-refractivity contribution in [1.82, 2.24) is 0 Å². The van der Waals surface area contributed by atoms with Crippen molar-refractivity contribution in [3.63, 3.8) is 0 Å². The second kappa shape index (κ2) is 6.44. The Morgan fingerprint density at radius 1 is 0.923 bits per heavy atom. The van der Waals surface area contributed by atoms with Gasteiger partial charge in [-0.15, -0.1) is 0 Å². The van der Waals surface area contributed by atoms with E-state index < -0.39 is 10.8 Å². The average Bonchev–Trinajstić information content (AvgIpc) is 3.03. The molecule has 0 amide bonds. The van der Waals surface area contributed by atoms with Gasteiger partial charge in [0.2, 0.25) is 5.09 Å². The minimum Gasteiger partial charge on any atom is -0.449 e. The smallest absolute Gasteiger partial charge is 0.219 e. The fourth-order valence-corrected chi connectivity index (χ4v) is 4.92. The molecule has 0 radical (unpaired) electrons. The van der Waals surface area contributed by atoms with Gasteiger partial charge >= 0.3 is 0 Å². The summed E-state index contributed by atoms with van der Waals surface area (Å²) in [7, 11) is -1.32. The molecule has 0 N–H and O–H groups in total. The minimum atomic E-state index is -1.32. The number of fused-ring (bicyclic) bond motifs is 2. The third-order valence-electron chi connectivity index (χ3n) is 4.72. The van der Waals surface area contributed by atoms with E-state index in [2.05, 4.69) is 44.7 Å². The van der Waals surface area contributed by atoms with Gasteiger partial charge in [0.05, 0.1) is 10.6 Å². The molecule has 0 saturated carbocycles. The molecule has 0 saturated heterocycles. The summed E-state index contributed by atoms with van der Waals surface area (Å²) < 4.78 is 19.5. The molecule has 0 spiro atoms. The molecular weight excluding hydrogens is 342 g/mol. The van der Waals surface area contributed by atoms with Crippen LogP contribution in [-0.2, 0) is 10.8 Å². The van der Waals surface area contributed by atoms with Crippen LogP contribution in [0.1, 0.15) is 39.4 Å². The molecule has 1 atom stereocenters. The highest BCUT2D eigenvalue weighted by atomic mass is 32.2. The van der Waals surface area contributed by atoms with Crippen molar-refractivity contribution in [2.45, 2.75) is 49.6 Å². The fourth-order valence-electron chi connectivity index (χ4n) is 3.62. The van der Waals surface area contributed by atoms with Crippen molar-refractivity contribution in [2.24, 2.45) is 0 Å². The molecule has 3 aromatic rings. The summed E-state index contributed by atoms with van der Waals surface area (Å²) in [5, 5.41) is 0.569. The summed E-state index contributed by atoms with van der Waals surface area (Å²) in [6.45, 7) is 8.55. The summed E-state index contributed by atoms with van der Waals surface area (Å²) in [6.07, 6.45) is 0. The van der Waals surface area contributed by atoms with Crippen molar-refractivity contribution >= 4 is 22.2 Å². The molecule has 1 unspecified atom stereocenters. The van der Waals surface area contributed by atoms with Gasteiger partial charge < -0.3 is 9.32 Å². The molecule has 134 valence electrons. The average molecular weight is 365 g/mol. The van der Waals surface area contributed by atoms with Gasteiger partial charge in [-0.05, 0) is 31.5 Å². The number of benzene rings is 2. The molecule has 26 heavy (non-hydrogen) atoms. The number of anilines is 2. The van der Waals surface area contributed by atoms with E-state index in [9.17, 15) is 4.21 Å². The highest BCUT2D eigenvalue weighted by molar-refractivity contribution is 7.85. The van der Waals surface area contributed by atoms with Gasteiger partial charge in [0.1, 0.15) is 22.2 Å². The van der Waals surface area contributed by atoms with Crippen molar-refractivity contribution in [2.75, 3.05) is 4.90 Å². The molecule has 0 bridgehead atoms. The van der Waals surface area contributed by atoms with E-state index in [1.807, 2.05) is 42.5 Å². The Balaban J connectivity index is 2.07. The molecule has 4 heteroatoms. The third kappa shape index (κ3) is 2.52. The van der Waals surface area contributed by atoms with Crippen LogP contribution < -0.4 is 4.90 Å². The normalized spacial score (nSPS) is 16.1. The molecule has 0 fully saturated rings. The van der Waals surface area contributed by atoms with Crippen LogP contribution in [0.15, 0.2) is 69.0 Å². The quantitative estimate of drug-likeness (QED) is 0.562. The Morgan fingerprint density at radius 3 is 2.23 bits per heavy atom. The monoisotopic (exact) mass is 365 g/mol. The van der Waals surface area contributed by atoms with E-state index in [0.29, 0.717) is 5.09 Å². The summed E-state index contributed by atoms with van der Waals surface area (Å²) in [6, 6.07) is 18.4. The summed E-state index contributed by atoms with van der Waals surface area (Å²) in [5.41, 5.74) is 4.11. The second-order valence-electron chi connectivity index (χ2n) is 7.20. The van der Waals surface area contributed by atoms with E-state index in [1.54, 1.807) is 0 Å². The Kier molecular flexibility index (Phi) is 4.23. The zero-order valence-electron chi connectivity index (χ0n) is 15.5. The van der Waals surface area contributed by atoms with Crippen LogP contribution in [0, 0.1) is 0 Å². The van der Waals surface area contributed by atoms with E-state index in [1.165, 1.54) is 0 Å². The van der Waals surface area contributed by atoms with Crippen LogP contribution in [-0.4, -0.2) is 10.3 Å². The summed E-state index contributed by atoms with van der Waals surface area (Å²) in [5.74, 6) is 1.10. The minimum absolute atomic E-state index is 0.199. The van der Waals surface area contributed by atoms with Gasteiger partial charge in [0.15, 0.2) is 0 Å². The molecule has 2 heterocycles. The molecule has 3 nitrogen and oxygen atoms in total. The number of nitrogens with zero attached hydrogens (tertiary/aromatic N) is 1. The maximum absolute atomic E-state index is 13.3. The SMILES string of the molecule is CC(C)c1oc2c(c1-c1ccccc1)N(C(C)C)c1ccccc1S2=O. The Bertz CT molecular complexity index is 973. The van der Waals surface area contributed by atoms with Crippen molar-refractivity contribution in [1.29, 1.82) is 0 Å². The van der Waals surface area contributed by atoms with Crippen LogP contribution in [0.5, 0.6) is 0 Å². The highest BCUT2D eigenvalue weighted by Gasteiger charge is 2.37. The first-order valence-corrected chi connectivity index (χ1v) is 10.2. The number of hydrogen-bond acceptors (Lipinski definition) is 3. The number of rotatable bonds is 3. The van der Waals surface area contributed by atoms with Crippen molar-refractivity contribution in [3.05, 3.63) is 60.4 Å². The summed E-state index contributed by atoms with van der Waals surface area (Å²) >= 11 is 0. The topological polar surface area (TPSA) is 33.5 Å². The predicted molar refractivity (Wildman–Crippen MR) is 107 cm³/mol. The Morgan fingerprint density at radius 2 is 1.58 bits per heavy atom. The molecule has 2 aromatic carbocycles. The van der Waals surface area contributed by atoms with Crippen LogP contribution >= 0.6 is 0 Å². The van der Waals surface area contributed by atoms with E-state index in [0.717, 1.165) is 33.2 Å². The van der Waals surface area contributed by atoms with Gasteiger partial charge in [0, 0.05) is 17.5 Å². The lowest BCUT2D eigenvalue weighted by molar-refractivity contribution is 0.409. The number of hydrogen-bond donors (Lipinski definition) is 0. The largest absolute Gasteiger partial charge is 0.449 e. The van der Waals surface area contributed by atoms with Gasteiger partial charge in [0.25, 0.3) is 0 Å². The molecule has 1 aliphatic heterocycles. The van der Waals surface area contributed by atoms with Crippen LogP contribution in [0.2, 0.25) is 0 Å². The second-order valence-corrected chi connectivity index (χ2v) is 8.55. The highest BCUT2D eigenvalue weighted by Crippen LogP contribution is 2.52. The Hall–Kier alpha value is -2.33. The maximum Gasteiger partial charge on any atom is 0.219 e. The third-order valence-corrected chi connectivity index (χ3v) is 6.07. The number of para-hydroxylation sites is 1. The predicted octanol–water partition coefficient (Wildman–Crippen LogP) is 6.10. The lowest BCUT2D eigenvalue weighted by atomic mass is 9.98. The van der Waals surface area contributed by atoms with Crippen LogP contribution in [0.25, 0.3) is 11.1 Å². The lowest BCUT2D eigenvalue weighted by Gasteiger charge is -2.34. The first kappa shape index (κ1) is 17.1. The van der Waals surface area contributed by atoms with Gasteiger partial charge in [-0.2, -0.15) is 0 Å². The zero-order chi connectivity index (χ0) is 18.4. The van der Waals surface area contributed by atoms with Crippen molar-refractivity contribution < 1.29 is 8.63 Å². The number of furan rings is 1. The van der Waals surface area contributed by atoms with Gasteiger partial charge in [-0.25, -0.2) is 4.21 Å². The van der Waals surface area contributed by atoms with Crippen LogP contribution in [0.3, 0.4) is 0 Å². The molecular formula is C22H23NO2S. The van der Waals surface area contributed by atoms with Crippen molar-refractivity contribution in [3.8, 4) is 11.1 Å². The first-order valence-electron chi connectivity index (χ1n) is 9.02. The van der Waals surface area contributed by atoms with E-state index in [4.69, 9.17) is 4.42 Å². The zero-order valence-corrected chi connectivity index (χ0v) is 16.3. The van der Waals surface area contributed by atoms with E-state index in [-0.39, 0.29) is 12.0 Å². The molecule has 1 aliphatic rings. The van der Waals surface area contributed by atoms with Gasteiger partial charge in [-0.1, -0.05) is 56.3 Å². The van der Waals surface area contributed by atoms with Gasteiger partial charge in [-0.3, -0.25) is 0 Å². The molecule has 0 aliphatic carbocycles. The molecule has 1 aromatic heterocycles. The first-order chi connectivity index (χ1) is 12.5. The van der Waals surface area contributed by atoms with Crippen LogP contribution in [0.4, 0.5) is 11.4 Å². The Labute approximate surface area is 157 Å². The maximum atomic E-state index is 13.3. The molecule has 4 rings (SSSR count). The fraction of sp³-hybridized carbons (Fsp3) is 0.273. The summed E-state index contributed by atoms with van der Waals surface area (Å²) in [4.78, 5) is 3.08. The van der Waals surface area contributed by atoms with E-state index >= 15 is 0 Å². The standard InChI is InChI=1S/C22H23NO2S/c1-14(2)21-19(16-10-6-5-7-11-16)20-22(25-21)26(24)18-13-9-8-12-17(18)23(20)15(3)4/h5-15H,1-4H3.